The highest BCUT2D eigenvalue weighted by molar-refractivity contribution is 7.98. The molecule has 0 bridgehead atoms. The minimum atomic E-state index is -0.775. The Morgan fingerprint density at radius 1 is 1.50 bits per heavy atom. The van der Waals surface area contributed by atoms with Gasteiger partial charge in [-0.15, -0.1) is 16.2 Å². The average molecular weight is 183 g/mol. The molecule has 12 heavy (non-hydrogen) atoms. The molecule has 0 unspecified atom stereocenters. The quantitative estimate of drug-likeness (QED) is 0.636. The van der Waals surface area contributed by atoms with Crippen molar-refractivity contribution in [1.82, 2.24) is 4.98 Å². The lowest BCUT2D eigenvalue weighted by molar-refractivity contribution is 0.354. The highest BCUT2D eigenvalue weighted by Gasteiger charge is 2.04. The zero-order chi connectivity index (χ0) is 8.55. The molecule has 0 amide bonds. The third-order valence-electron chi connectivity index (χ3n) is 1.57. The maximum atomic E-state index is 12.5. The van der Waals surface area contributed by atoms with E-state index in [-0.39, 0.29) is 0 Å². The van der Waals surface area contributed by atoms with Crippen molar-refractivity contribution in [2.24, 2.45) is 0 Å². The van der Waals surface area contributed by atoms with Crippen molar-refractivity contribution in [3.63, 3.8) is 0 Å². The molecule has 62 valence electrons. The molecule has 1 aromatic heterocycles. The minimum Gasteiger partial charge on any atom is -0.415 e. The predicted octanol–water partition coefficient (Wildman–Crippen LogP) is 2.69. The van der Waals surface area contributed by atoms with E-state index in [0.717, 1.165) is 4.90 Å². The van der Waals surface area contributed by atoms with Crippen LogP contribution in [-0.4, -0.2) is 11.2 Å². The summed E-state index contributed by atoms with van der Waals surface area (Å²) in [6, 6.07) is 5.40. The largest absolute Gasteiger partial charge is 0.415 e. The molecule has 2 rings (SSSR count). The Morgan fingerprint density at radius 3 is 3.08 bits per heavy atom. The maximum Gasteiger partial charge on any atom is 0.382 e. The fraction of sp³-hybridized carbons (Fsp3) is 0.125. The SMILES string of the molecule is CSc1ccc2nc(F)oc2c1. The second-order valence-electron chi connectivity index (χ2n) is 2.30. The zero-order valence-corrected chi connectivity index (χ0v) is 7.19. The summed E-state index contributed by atoms with van der Waals surface area (Å²) >= 11 is 1.58. The van der Waals surface area contributed by atoms with Gasteiger partial charge < -0.3 is 4.42 Å². The van der Waals surface area contributed by atoms with Crippen LogP contribution in [-0.2, 0) is 0 Å². The predicted molar refractivity (Wildman–Crippen MR) is 45.7 cm³/mol. The Kier molecular flexibility index (Phi) is 1.77. The summed E-state index contributed by atoms with van der Waals surface area (Å²) in [5, 5.41) is 0. The van der Waals surface area contributed by atoms with E-state index in [4.69, 9.17) is 4.42 Å². The molecule has 0 saturated carbocycles. The molecule has 0 atom stereocenters. The number of nitrogens with zero attached hydrogens (tertiary/aromatic N) is 1. The number of thioether (sulfide) groups is 1. The van der Waals surface area contributed by atoms with Crippen molar-refractivity contribution in [2.45, 2.75) is 4.90 Å². The number of aromatic nitrogens is 1. The monoisotopic (exact) mass is 183 g/mol. The molecule has 0 spiro atoms. The molecular weight excluding hydrogens is 177 g/mol. The van der Waals surface area contributed by atoms with Gasteiger partial charge in [0.05, 0.1) is 0 Å². The highest BCUT2D eigenvalue weighted by atomic mass is 32.2. The smallest absolute Gasteiger partial charge is 0.382 e. The Labute approximate surface area is 72.8 Å². The first-order valence-corrected chi connectivity index (χ1v) is 4.62. The van der Waals surface area contributed by atoms with E-state index in [1.807, 2.05) is 12.3 Å². The molecule has 2 nitrogen and oxygen atoms in total. The molecule has 0 fully saturated rings. The van der Waals surface area contributed by atoms with Crippen molar-refractivity contribution < 1.29 is 8.81 Å². The van der Waals surface area contributed by atoms with Gasteiger partial charge in [0.2, 0.25) is 0 Å². The first-order valence-electron chi connectivity index (χ1n) is 3.39. The second-order valence-corrected chi connectivity index (χ2v) is 3.18. The Balaban J connectivity index is 2.66. The van der Waals surface area contributed by atoms with E-state index in [9.17, 15) is 4.39 Å². The lowest BCUT2D eigenvalue weighted by atomic mass is 10.3. The number of hydrogen-bond acceptors (Lipinski definition) is 3. The van der Waals surface area contributed by atoms with Crippen molar-refractivity contribution >= 4 is 22.9 Å². The van der Waals surface area contributed by atoms with Crippen LogP contribution in [0.15, 0.2) is 27.5 Å². The molecule has 0 aliphatic heterocycles. The molecule has 1 heterocycles. The van der Waals surface area contributed by atoms with Gasteiger partial charge in [-0.25, -0.2) is 0 Å². The minimum absolute atomic E-state index is 0.499. The van der Waals surface area contributed by atoms with Gasteiger partial charge in [0.15, 0.2) is 5.58 Å². The third kappa shape index (κ3) is 1.18. The van der Waals surface area contributed by atoms with Crippen LogP contribution >= 0.6 is 11.8 Å². The van der Waals surface area contributed by atoms with Gasteiger partial charge in [0.25, 0.3) is 0 Å². The van der Waals surface area contributed by atoms with Crippen molar-refractivity contribution in [1.29, 1.82) is 0 Å². The fourth-order valence-electron chi connectivity index (χ4n) is 1.00. The Morgan fingerprint density at radius 2 is 2.33 bits per heavy atom. The first kappa shape index (κ1) is 7.61. The summed E-state index contributed by atoms with van der Waals surface area (Å²) in [7, 11) is 0. The van der Waals surface area contributed by atoms with E-state index in [0.29, 0.717) is 11.1 Å². The van der Waals surface area contributed by atoms with Crippen molar-refractivity contribution in [3.05, 3.63) is 24.3 Å². The van der Waals surface area contributed by atoms with Gasteiger partial charge in [0, 0.05) is 4.90 Å². The van der Waals surface area contributed by atoms with Crippen LogP contribution in [0.2, 0.25) is 0 Å². The highest BCUT2D eigenvalue weighted by Crippen LogP contribution is 2.21. The number of rotatable bonds is 1. The lowest BCUT2D eigenvalue weighted by Crippen LogP contribution is -1.70. The second kappa shape index (κ2) is 2.79. The average Bonchev–Trinajstić information content (AvgIpc) is 2.43. The van der Waals surface area contributed by atoms with Crippen LogP contribution in [0.5, 0.6) is 0 Å². The summed E-state index contributed by atoms with van der Waals surface area (Å²) in [6.07, 6.45) is 1.18. The van der Waals surface area contributed by atoms with Gasteiger partial charge in [-0.1, -0.05) is 0 Å². The molecule has 1 aromatic carbocycles. The van der Waals surface area contributed by atoms with E-state index in [2.05, 4.69) is 4.98 Å². The molecule has 0 saturated heterocycles. The molecule has 4 heteroatoms. The van der Waals surface area contributed by atoms with Crippen LogP contribution in [0, 0.1) is 6.14 Å². The van der Waals surface area contributed by atoms with Crippen LogP contribution < -0.4 is 0 Å². The lowest BCUT2D eigenvalue weighted by Gasteiger charge is -1.92. The standard InChI is InChI=1S/C8H6FNOS/c1-12-5-2-3-6-7(4-5)11-8(9)10-6/h2-4H,1H3. The topological polar surface area (TPSA) is 26.0 Å². The van der Waals surface area contributed by atoms with E-state index in [1.54, 1.807) is 23.9 Å². The summed E-state index contributed by atoms with van der Waals surface area (Å²) in [5.74, 6) is 0. The van der Waals surface area contributed by atoms with Gasteiger partial charge >= 0.3 is 6.14 Å². The number of halogens is 1. The molecule has 0 aliphatic rings. The number of hydrogen-bond donors (Lipinski definition) is 0. The molecular formula is C8H6FNOS. The fourth-order valence-corrected chi connectivity index (χ4v) is 1.43. The third-order valence-corrected chi connectivity index (χ3v) is 2.29. The van der Waals surface area contributed by atoms with E-state index in [1.165, 1.54) is 0 Å². The van der Waals surface area contributed by atoms with Crippen LogP contribution in [0.4, 0.5) is 4.39 Å². The summed E-state index contributed by atoms with van der Waals surface area (Å²) in [6.45, 7) is 0. The maximum absolute atomic E-state index is 12.5. The van der Waals surface area contributed by atoms with Crippen LogP contribution in [0.3, 0.4) is 0 Å². The Bertz CT molecular complexity index is 412. The normalized spacial score (nSPS) is 10.8. The van der Waals surface area contributed by atoms with Gasteiger partial charge in [0.1, 0.15) is 5.52 Å². The molecule has 2 aromatic rings. The van der Waals surface area contributed by atoms with Gasteiger partial charge in [-0.3, -0.25) is 0 Å². The zero-order valence-electron chi connectivity index (χ0n) is 6.37. The summed E-state index contributed by atoms with van der Waals surface area (Å²) in [4.78, 5) is 4.59. The van der Waals surface area contributed by atoms with Crippen LogP contribution in [0.25, 0.3) is 11.1 Å². The van der Waals surface area contributed by atoms with Gasteiger partial charge in [-0.05, 0) is 24.5 Å². The van der Waals surface area contributed by atoms with E-state index >= 15 is 0 Å². The molecule has 0 radical (unpaired) electrons. The number of benzene rings is 1. The van der Waals surface area contributed by atoms with Crippen molar-refractivity contribution in [3.8, 4) is 0 Å². The first-order chi connectivity index (χ1) is 5.79. The molecule has 0 N–H and O–H groups in total. The number of oxazole rings is 1. The summed E-state index contributed by atoms with van der Waals surface area (Å²) < 4.78 is 17.2. The van der Waals surface area contributed by atoms with Gasteiger partial charge in [-0.2, -0.15) is 4.98 Å². The van der Waals surface area contributed by atoms with Crippen LogP contribution in [0.1, 0.15) is 0 Å². The summed E-state index contributed by atoms with van der Waals surface area (Å²) in [5.41, 5.74) is 1.06. The molecule has 0 aliphatic carbocycles. The number of fused-ring (bicyclic) bond motifs is 1. The Hall–Kier alpha value is -1.03. The van der Waals surface area contributed by atoms with Crippen molar-refractivity contribution in [2.75, 3.05) is 6.26 Å². The van der Waals surface area contributed by atoms with E-state index < -0.39 is 6.14 Å².